The van der Waals surface area contributed by atoms with E-state index in [0.717, 1.165) is 45.5 Å². The number of anilines is 2. The van der Waals surface area contributed by atoms with E-state index in [2.05, 4.69) is 22.4 Å². The van der Waals surface area contributed by atoms with Crippen molar-refractivity contribution in [1.29, 1.82) is 5.41 Å². The third-order valence-electron chi connectivity index (χ3n) is 4.25. The van der Waals surface area contributed by atoms with Crippen molar-refractivity contribution in [2.45, 2.75) is 0 Å². The molecule has 3 aromatic rings. The predicted molar refractivity (Wildman–Crippen MR) is 96.5 cm³/mol. The summed E-state index contributed by atoms with van der Waals surface area (Å²) in [5.41, 5.74) is 18.6. The van der Waals surface area contributed by atoms with Gasteiger partial charge in [0.2, 0.25) is 0 Å². The van der Waals surface area contributed by atoms with E-state index in [4.69, 9.17) is 16.9 Å². The summed E-state index contributed by atoms with van der Waals surface area (Å²) in [5, 5.41) is 12.0. The van der Waals surface area contributed by atoms with E-state index in [1.165, 1.54) is 5.57 Å². The molecule has 4 rings (SSSR count). The fraction of sp³-hybridized carbons (Fsp3) is 0.0556. The minimum absolute atomic E-state index is 0.0763. The van der Waals surface area contributed by atoms with Gasteiger partial charge in [-0.05, 0) is 35.9 Å². The van der Waals surface area contributed by atoms with Crippen LogP contribution in [-0.2, 0) is 0 Å². The van der Waals surface area contributed by atoms with Gasteiger partial charge in [0.05, 0.1) is 11.4 Å². The van der Waals surface area contributed by atoms with Crippen LogP contribution in [0.5, 0.6) is 0 Å². The first kappa shape index (κ1) is 13.5. The van der Waals surface area contributed by atoms with Crippen molar-refractivity contribution in [1.82, 2.24) is 4.98 Å². The topological polar surface area (TPSA) is 104 Å². The predicted octanol–water partition coefficient (Wildman–Crippen LogP) is 3.00. The van der Waals surface area contributed by atoms with Gasteiger partial charge in [-0.25, -0.2) is 0 Å². The Hall–Kier alpha value is -3.21. The van der Waals surface area contributed by atoms with Gasteiger partial charge in [-0.2, -0.15) is 0 Å². The number of para-hydroxylation sites is 1. The average molecular weight is 303 g/mol. The van der Waals surface area contributed by atoms with Crippen molar-refractivity contribution >= 4 is 39.8 Å². The molecule has 1 aromatic heterocycles. The lowest BCUT2D eigenvalue weighted by molar-refractivity contribution is 1.43. The fourth-order valence-electron chi connectivity index (χ4n) is 3.06. The van der Waals surface area contributed by atoms with Gasteiger partial charge >= 0.3 is 0 Å². The molecule has 114 valence electrons. The highest BCUT2D eigenvalue weighted by molar-refractivity contribution is 6.03. The normalized spacial score (nSPS) is 14.9. The van der Waals surface area contributed by atoms with Crippen LogP contribution >= 0.6 is 0 Å². The van der Waals surface area contributed by atoms with Gasteiger partial charge in [-0.1, -0.05) is 12.1 Å². The molecule has 0 fully saturated rings. The van der Waals surface area contributed by atoms with E-state index in [1.807, 2.05) is 36.5 Å². The maximum Gasteiger partial charge on any atom is 0.122 e. The maximum atomic E-state index is 7.61. The number of H-pyrrole nitrogens is 1. The molecule has 7 N–H and O–H groups in total. The van der Waals surface area contributed by atoms with E-state index in [-0.39, 0.29) is 5.84 Å². The first-order valence-electron chi connectivity index (χ1n) is 7.42. The number of hydrogen-bond acceptors (Lipinski definition) is 3. The van der Waals surface area contributed by atoms with Crippen LogP contribution in [0.1, 0.15) is 16.7 Å². The molecule has 0 saturated heterocycles. The Balaban J connectivity index is 1.84. The second kappa shape index (κ2) is 4.91. The van der Waals surface area contributed by atoms with Crippen molar-refractivity contribution in [3.8, 4) is 0 Å². The number of nitrogens with one attached hydrogen (secondary N) is 3. The third-order valence-corrected chi connectivity index (χ3v) is 4.25. The Labute approximate surface area is 133 Å². The Kier molecular flexibility index (Phi) is 2.87. The molecule has 23 heavy (non-hydrogen) atoms. The molecule has 2 heterocycles. The van der Waals surface area contributed by atoms with Gasteiger partial charge in [-0.15, -0.1) is 0 Å². The van der Waals surface area contributed by atoms with Crippen LogP contribution in [0.2, 0.25) is 0 Å². The van der Waals surface area contributed by atoms with E-state index in [0.29, 0.717) is 0 Å². The average Bonchev–Trinajstić information content (AvgIpc) is 3.13. The van der Waals surface area contributed by atoms with Crippen LogP contribution in [0.3, 0.4) is 0 Å². The number of amidine groups is 1. The molecule has 0 unspecified atom stereocenters. The molecule has 0 bridgehead atoms. The van der Waals surface area contributed by atoms with E-state index in [1.54, 1.807) is 0 Å². The summed E-state index contributed by atoms with van der Waals surface area (Å²) >= 11 is 0. The van der Waals surface area contributed by atoms with E-state index >= 15 is 0 Å². The first-order valence-corrected chi connectivity index (χ1v) is 7.42. The largest absolute Gasteiger partial charge is 0.397 e. The molecule has 2 aromatic carbocycles. The van der Waals surface area contributed by atoms with Crippen LogP contribution in [0, 0.1) is 5.41 Å². The number of nitrogen functional groups attached to an aromatic ring is 2. The second-order valence-corrected chi connectivity index (χ2v) is 5.71. The fourth-order valence-corrected chi connectivity index (χ4v) is 3.06. The Morgan fingerprint density at radius 2 is 2.09 bits per heavy atom. The van der Waals surface area contributed by atoms with Gasteiger partial charge in [-0.3, -0.25) is 5.41 Å². The van der Waals surface area contributed by atoms with Crippen molar-refractivity contribution in [3.63, 3.8) is 0 Å². The van der Waals surface area contributed by atoms with Gasteiger partial charge in [0, 0.05) is 40.3 Å². The molecule has 0 spiro atoms. The molecule has 0 amide bonds. The number of nitrogens with two attached hydrogens (primary N) is 2. The summed E-state index contributed by atoms with van der Waals surface area (Å²) in [6.45, 7) is 0.753. The highest BCUT2D eigenvalue weighted by atomic mass is 14.9. The molecule has 0 saturated carbocycles. The van der Waals surface area contributed by atoms with Crippen LogP contribution in [0.15, 0.2) is 42.6 Å². The van der Waals surface area contributed by atoms with Gasteiger partial charge in [0.1, 0.15) is 5.84 Å². The number of rotatable bonds is 2. The van der Waals surface area contributed by atoms with Crippen molar-refractivity contribution in [2.75, 3.05) is 17.6 Å². The van der Waals surface area contributed by atoms with Crippen LogP contribution in [0.25, 0.3) is 22.6 Å². The highest BCUT2D eigenvalue weighted by Gasteiger charge is 2.18. The summed E-state index contributed by atoms with van der Waals surface area (Å²) in [6.07, 6.45) is 4.13. The van der Waals surface area contributed by atoms with Gasteiger partial charge < -0.3 is 21.8 Å². The molecule has 0 aliphatic carbocycles. The minimum Gasteiger partial charge on any atom is -0.397 e. The lowest BCUT2D eigenvalue weighted by Crippen LogP contribution is -2.10. The van der Waals surface area contributed by atoms with Crippen molar-refractivity contribution in [2.24, 2.45) is 5.73 Å². The zero-order chi connectivity index (χ0) is 16.0. The standard InChI is InChI=1S/C18H17N5/c19-15-3-1-2-13-11(9-23-17(13)15)6-12-8-22-16-5-4-10(18(20)21)7-14(12)16/h1-8,22-23H,9,19H2,(H3,20,21). The summed E-state index contributed by atoms with van der Waals surface area (Å²) in [4.78, 5) is 3.26. The number of fused-ring (bicyclic) bond motifs is 2. The van der Waals surface area contributed by atoms with Gasteiger partial charge in [0.25, 0.3) is 0 Å². The number of aromatic amines is 1. The van der Waals surface area contributed by atoms with Gasteiger partial charge in [0.15, 0.2) is 0 Å². The quantitative estimate of drug-likeness (QED) is 0.285. The third kappa shape index (κ3) is 2.14. The molecule has 0 radical (unpaired) electrons. The SMILES string of the molecule is N=C(N)c1ccc2[nH]cc(C=C3CNc4c(N)cccc43)c2c1. The van der Waals surface area contributed by atoms with Crippen LogP contribution in [-0.4, -0.2) is 17.4 Å². The Morgan fingerprint density at radius 3 is 2.91 bits per heavy atom. The van der Waals surface area contributed by atoms with Crippen LogP contribution in [0.4, 0.5) is 11.4 Å². The Bertz CT molecular complexity index is 965. The maximum absolute atomic E-state index is 7.61. The first-order chi connectivity index (χ1) is 11.1. The summed E-state index contributed by atoms with van der Waals surface area (Å²) in [6, 6.07) is 11.7. The lowest BCUT2D eigenvalue weighted by atomic mass is 10.0. The molecule has 5 nitrogen and oxygen atoms in total. The number of aromatic nitrogens is 1. The highest BCUT2D eigenvalue weighted by Crippen LogP contribution is 2.36. The smallest absolute Gasteiger partial charge is 0.122 e. The zero-order valence-electron chi connectivity index (χ0n) is 12.5. The summed E-state index contributed by atoms with van der Waals surface area (Å²) in [7, 11) is 0. The summed E-state index contributed by atoms with van der Waals surface area (Å²) < 4.78 is 0. The Morgan fingerprint density at radius 1 is 1.22 bits per heavy atom. The monoisotopic (exact) mass is 303 g/mol. The molecule has 1 aliphatic heterocycles. The van der Waals surface area contributed by atoms with Crippen LogP contribution < -0.4 is 16.8 Å². The molecule has 1 aliphatic rings. The van der Waals surface area contributed by atoms with Crippen molar-refractivity contribution in [3.05, 3.63) is 59.3 Å². The molecular weight excluding hydrogens is 286 g/mol. The van der Waals surface area contributed by atoms with E-state index < -0.39 is 0 Å². The minimum atomic E-state index is 0.0763. The van der Waals surface area contributed by atoms with E-state index in [9.17, 15) is 0 Å². The molecular formula is C18H17N5. The molecule has 0 atom stereocenters. The number of hydrogen-bond donors (Lipinski definition) is 5. The summed E-state index contributed by atoms with van der Waals surface area (Å²) in [5.74, 6) is 0.0763. The molecule has 5 heteroatoms. The lowest BCUT2D eigenvalue weighted by Gasteiger charge is -2.03. The van der Waals surface area contributed by atoms with Crippen molar-refractivity contribution < 1.29 is 0 Å². The number of benzene rings is 2. The second-order valence-electron chi connectivity index (χ2n) is 5.71. The zero-order valence-corrected chi connectivity index (χ0v) is 12.5.